The minimum Gasteiger partial charge on any atom is -0.379 e. The van der Waals surface area contributed by atoms with Crippen molar-refractivity contribution >= 4 is 23.6 Å². The van der Waals surface area contributed by atoms with Crippen LogP contribution in [0, 0.1) is 5.92 Å². The third-order valence-electron chi connectivity index (χ3n) is 7.52. The van der Waals surface area contributed by atoms with Crippen LogP contribution in [0.5, 0.6) is 0 Å². The Labute approximate surface area is 249 Å². The third kappa shape index (κ3) is 12.1. The van der Waals surface area contributed by atoms with Gasteiger partial charge in [0.25, 0.3) is 5.91 Å². The molecule has 3 N–H and O–H groups in total. The Balaban J connectivity index is 1.66. The Morgan fingerprint density at radius 2 is 1.69 bits per heavy atom. The molecule has 42 heavy (non-hydrogen) atoms. The number of urea groups is 1. The molecule has 0 aromatic heterocycles. The second-order valence-corrected chi connectivity index (χ2v) is 11.3. The third-order valence-corrected chi connectivity index (χ3v) is 7.52. The summed E-state index contributed by atoms with van der Waals surface area (Å²) in [4.78, 5) is 54.3. The Hall–Kier alpha value is -3.02. The first-order chi connectivity index (χ1) is 20.3. The second kappa shape index (κ2) is 18.5. The Morgan fingerprint density at radius 3 is 2.38 bits per heavy atom. The summed E-state index contributed by atoms with van der Waals surface area (Å²) in [7, 11) is 0. The van der Waals surface area contributed by atoms with E-state index in [1.54, 1.807) is 4.90 Å². The topological polar surface area (TPSA) is 135 Å². The van der Waals surface area contributed by atoms with E-state index >= 15 is 0 Å². The predicted molar refractivity (Wildman–Crippen MR) is 158 cm³/mol. The van der Waals surface area contributed by atoms with Crippen molar-refractivity contribution in [2.45, 2.75) is 83.6 Å². The molecule has 0 spiro atoms. The highest BCUT2D eigenvalue weighted by molar-refractivity contribution is 6.38. The average molecular weight is 589 g/mol. The maximum absolute atomic E-state index is 13.6. The van der Waals surface area contributed by atoms with E-state index < -0.39 is 29.7 Å². The molecule has 2 atom stereocenters. The van der Waals surface area contributed by atoms with Gasteiger partial charge in [0, 0.05) is 26.2 Å². The molecule has 0 radical (unpaired) electrons. The van der Waals surface area contributed by atoms with Gasteiger partial charge in [0.2, 0.25) is 11.7 Å². The number of carbonyl (C=O) groups is 4. The fraction of sp³-hybridized carbons (Fsp3) is 0.677. The molecule has 0 unspecified atom stereocenters. The maximum atomic E-state index is 13.6. The van der Waals surface area contributed by atoms with Gasteiger partial charge >= 0.3 is 6.03 Å². The molecule has 1 saturated carbocycles. The van der Waals surface area contributed by atoms with Crippen LogP contribution < -0.4 is 16.0 Å². The molecule has 1 heterocycles. The van der Waals surface area contributed by atoms with Crippen molar-refractivity contribution in [1.29, 1.82) is 0 Å². The number of ketones is 1. The van der Waals surface area contributed by atoms with E-state index in [4.69, 9.17) is 14.2 Å². The van der Waals surface area contributed by atoms with Crippen LogP contribution in [0.15, 0.2) is 30.3 Å². The fourth-order valence-electron chi connectivity index (χ4n) is 5.16. The van der Waals surface area contributed by atoms with Crippen molar-refractivity contribution in [3.63, 3.8) is 0 Å². The number of ether oxygens (including phenoxy) is 3. The van der Waals surface area contributed by atoms with E-state index in [1.165, 1.54) is 6.42 Å². The van der Waals surface area contributed by atoms with E-state index in [0.717, 1.165) is 31.2 Å². The van der Waals surface area contributed by atoms with Crippen LogP contribution in [0.1, 0.15) is 64.4 Å². The van der Waals surface area contributed by atoms with Crippen molar-refractivity contribution in [3.8, 4) is 0 Å². The number of hydrogen-bond donors (Lipinski definition) is 3. The summed E-state index contributed by atoms with van der Waals surface area (Å²) in [5.41, 5.74) is 0.901. The quantitative estimate of drug-likeness (QED) is 0.200. The number of hydrogen-bond acceptors (Lipinski definition) is 7. The van der Waals surface area contributed by atoms with Crippen LogP contribution >= 0.6 is 0 Å². The van der Waals surface area contributed by atoms with Gasteiger partial charge in [-0.3, -0.25) is 14.4 Å². The molecule has 1 aliphatic carbocycles. The van der Waals surface area contributed by atoms with E-state index in [1.807, 2.05) is 44.2 Å². The van der Waals surface area contributed by atoms with Gasteiger partial charge in [-0.25, -0.2) is 4.79 Å². The number of morpholine rings is 1. The Morgan fingerprint density at radius 1 is 0.976 bits per heavy atom. The minimum atomic E-state index is -1.21. The number of nitrogens with zero attached hydrogens (tertiary/aromatic N) is 1. The molecule has 11 heteroatoms. The van der Waals surface area contributed by atoms with E-state index in [2.05, 4.69) is 16.0 Å². The van der Waals surface area contributed by atoms with Crippen LogP contribution in [0.3, 0.4) is 0 Å². The van der Waals surface area contributed by atoms with E-state index in [9.17, 15) is 19.2 Å². The lowest BCUT2D eigenvalue weighted by Gasteiger charge is -2.31. The molecule has 0 bridgehead atoms. The fourth-order valence-corrected chi connectivity index (χ4v) is 5.16. The summed E-state index contributed by atoms with van der Waals surface area (Å²) < 4.78 is 16.6. The van der Waals surface area contributed by atoms with Crippen LogP contribution in [0.2, 0.25) is 0 Å². The number of amides is 4. The van der Waals surface area contributed by atoms with Crippen LogP contribution in [0.25, 0.3) is 0 Å². The van der Waals surface area contributed by atoms with Crippen molar-refractivity contribution in [2.75, 3.05) is 46.1 Å². The average Bonchev–Trinajstić information content (AvgIpc) is 3.00. The zero-order chi connectivity index (χ0) is 30.2. The number of Topliss-reactive ketones (excluding diaryl/α,β-unsaturated/α-hetero) is 1. The van der Waals surface area contributed by atoms with Crippen LogP contribution in [0.4, 0.5) is 4.79 Å². The number of nitrogens with one attached hydrogen (secondary N) is 3. The first kappa shape index (κ1) is 33.5. The van der Waals surface area contributed by atoms with Crippen molar-refractivity contribution in [2.24, 2.45) is 5.92 Å². The highest BCUT2D eigenvalue weighted by atomic mass is 16.5. The van der Waals surface area contributed by atoms with Crippen molar-refractivity contribution < 1.29 is 33.4 Å². The maximum Gasteiger partial charge on any atom is 0.318 e. The molecule has 1 aromatic carbocycles. The SMILES string of the molecule is CC(C)OCCCNC(=O)C(=O)[C@@H](COCc1ccccc1)NC(=O)[C@H](CC1CCCCC1)NC(=O)N1CCOCC1. The van der Waals surface area contributed by atoms with Gasteiger partial charge in [0.15, 0.2) is 0 Å². The normalized spacial score (nSPS) is 17.4. The largest absolute Gasteiger partial charge is 0.379 e. The van der Waals surface area contributed by atoms with Gasteiger partial charge < -0.3 is 35.1 Å². The van der Waals surface area contributed by atoms with Gasteiger partial charge in [-0.15, -0.1) is 0 Å². The summed E-state index contributed by atoms with van der Waals surface area (Å²) >= 11 is 0. The molecular formula is C31H48N4O7. The summed E-state index contributed by atoms with van der Waals surface area (Å²) in [6.45, 7) is 6.39. The lowest BCUT2D eigenvalue weighted by atomic mass is 9.84. The van der Waals surface area contributed by atoms with Crippen molar-refractivity contribution in [1.82, 2.24) is 20.9 Å². The van der Waals surface area contributed by atoms with Gasteiger partial charge in [0.1, 0.15) is 12.1 Å². The standard InChI is InChI=1S/C31H48N4O7/c1-23(2)42-17-9-14-32-30(38)28(36)27(22-41-21-25-12-7-4-8-13-25)33-29(37)26(20-24-10-5-3-6-11-24)34-31(39)35-15-18-40-19-16-35/h4,7-8,12-13,23-24,26-27H,3,5-6,9-11,14-22H2,1-2H3,(H,32,38)(H,33,37)(H,34,39)/t26-,27+/m0/s1. The van der Waals surface area contributed by atoms with Gasteiger partial charge in [-0.2, -0.15) is 0 Å². The minimum absolute atomic E-state index is 0.0778. The monoisotopic (exact) mass is 588 g/mol. The number of carbonyl (C=O) groups excluding carboxylic acids is 4. The summed E-state index contributed by atoms with van der Waals surface area (Å²) in [6, 6.07) is 7.06. The molecular weight excluding hydrogens is 540 g/mol. The highest BCUT2D eigenvalue weighted by Crippen LogP contribution is 2.27. The number of benzene rings is 1. The summed E-state index contributed by atoms with van der Waals surface area (Å²) in [5, 5.41) is 8.27. The second-order valence-electron chi connectivity index (χ2n) is 11.3. The summed E-state index contributed by atoms with van der Waals surface area (Å²) in [6.07, 6.45) is 6.42. The molecule has 3 rings (SSSR count). The lowest BCUT2D eigenvalue weighted by molar-refractivity contribution is -0.141. The molecule has 2 aliphatic rings. The van der Waals surface area contributed by atoms with Crippen LogP contribution in [-0.4, -0.2) is 92.8 Å². The molecule has 1 aliphatic heterocycles. The van der Waals surface area contributed by atoms with Crippen LogP contribution in [-0.2, 0) is 35.2 Å². The van der Waals surface area contributed by atoms with Gasteiger partial charge in [-0.05, 0) is 38.2 Å². The van der Waals surface area contributed by atoms with E-state index in [0.29, 0.717) is 51.7 Å². The van der Waals surface area contributed by atoms with E-state index in [-0.39, 0.29) is 31.9 Å². The summed E-state index contributed by atoms with van der Waals surface area (Å²) in [5.74, 6) is -1.80. The predicted octanol–water partition coefficient (Wildman–Crippen LogP) is 2.57. The zero-order valence-corrected chi connectivity index (χ0v) is 25.1. The Bertz CT molecular complexity index is 979. The number of rotatable bonds is 16. The smallest absolute Gasteiger partial charge is 0.318 e. The zero-order valence-electron chi connectivity index (χ0n) is 25.1. The van der Waals surface area contributed by atoms with Crippen molar-refractivity contribution in [3.05, 3.63) is 35.9 Å². The Kier molecular flexibility index (Phi) is 14.8. The molecule has 11 nitrogen and oxygen atoms in total. The molecule has 234 valence electrons. The lowest BCUT2D eigenvalue weighted by Crippen LogP contribution is -2.58. The molecule has 1 saturated heterocycles. The van der Waals surface area contributed by atoms with Gasteiger partial charge in [-0.1, -0.05) is 62.4 Å². The first-order valence-electron chi connectivity index (χ1n) is 15.3. The molecule has 4 amide bonds. The van der Waals surface area contributed by atoms with Gasteiger partial charge in [0.05, 0.1) is 32.5 Å². The highest BCUT2D eigenvalue weighted by Gasteiger charge is 2.33. The molecule has 1 aromatic rings. The first-order valence-corrected chi connectivity index (χ1v) is 15.3. The molecule has 2 fully saturated rings.